The normalized spacial score (nSPS) is 26.5. The van der Waals surface area contributed by atoms with Gasteiger partial charge in [0.1, 0.15) is 45.4 Å². The van der Waals surface area contributed by atoms with Crippen LogP contribution in [-0.2, 0) is 23.8 Å². The second kappa shape index (κ2) is 17.8. The molecule has 0 bridgehead atoms. The van der Waals surface area contributed by atoms with Gasteiger partial charge in [-0.15, -0.1) is 0 Å². The van der Waals surface area contributed by atoms with Crippen molar-refractivity contribution in [1.82, 2.24) is 40.4 Å². The van der Waals surface area contributed by atoms with Crippen LogP contribution in [0.3, 0.4) is 0 Å². The molecule has 10 rings (SSSR count). The van der Waals surface area contributed by atoms with Gasteiger partial charge in [-0.25, -0.2) is 28.3 Å². The highest BCUT2D eigenvalue weighted by molar-refractivity contribution is 6.32. The highest BCUT2D eigenvalue weighted by atomic mass is 35.5. The number of alkyl carbamates (subject to hydrolysis) is 2. The van der Waals surface area contributed by atoms with E-state index in [2.05, 4.69) is 20.6 Å². The van der Waals surface area contributed by atoms with Gasteiger partial charge < -0.3 is 44.6 Å². The molecule has 8 atom stereocenters. The van der Waals surface area contributed by atoms with Gasteiger partial charge in [-0.3, -0.25) is 9.59 Å². The summed E-state index contributed by atoms with van der Waals surface area (Å²) in [5, 5.41) is 6.19. The molecule has 6 aliphatic rings. The lowest BCUT2D eigenvalue weighted by Crippen LogP contribution is -2.54. The molecule has 15 nitrogen and oxygen atoms in total. The average Bonchev–Trinajstić information content (AvgIpc) is 4.04. The molecule has 4 N–H and O–H groups in total. The van der Waals surface area contributed by atoms with E-state index < -0.39 is 42.2 Å². The largest absolute Gasteiger partial charge is 0.453 e. The number of piperidine rings is 2. The molecule has 6 fully saturated rings. The van der Waals surface area contributed by atoms with Crippen LogP contribution < -0.4 is 10.6 Å². The van der Waals surface area contributed by atoms with E-state index in [-0.39, 0.29) is 67.5 Å². The quantitative estimate of drug-likeness (QED) is 0.115. The zero-order chi connectivity index (χ0) is 46.0. The van der Waals surface area contributed by atoms with E-state index in [1.807, 2.05) is 53.4 Å². The highest BCUT2D eigenvalue weighted by Gasteiger charge is 2.58. The minimum absolute atomic E-state index is 0.0316. The summed E-state index contributed by atoms with van der Waals surface area (Å²) in [4.78, 5) is 73.3. The van der Waals surface area contributed by atoms with Crippen molar-refractivity contribution in [1.29, 1.82) is 0 Å². The number of amides is 4. The van der Waals surface area contributed by atoms with Gasteiger partial charge in [0, 0.05) is 49.3 Å². The lowest BCUT2D eigenvalue weighted by Gasteiger charge is -2.37. The number of benzene rings is 2. The predicted molar refractivity (Wildman–Crippen MR) is 238 cm³/mol. The fourth-order valence-corrected chi connectivity index (χ4v) is 11.5. The van der Waals surface area contributed by atoms with E-state index in [0.29, 0.717) is 71.7 Å². The van der Waals surface area contributed by atoms with Crippen molar-refractivity contribution >= 4 is 47.2 Å². The van der Waals surface area contributed by atoms with Crippen LogP contribution >= 0.6 is 23.2 Å². The molecule has 2 aromatic heterocycles. The number of aromatic amines is 2. The number of carbonyl (C=O) groups is 4. The second-order valence-corrected chi connectivity index (χ2v) is 19.5. The first-order valence-corrected chi connectivity index (χ1v) is 23.6. The lowest BCUT2D eigenvalue weighted by atomic mass is 9.81. The Balaban J connectivity index is 0.826. The second-order valence-electron chi connectivity index (χ2n) is 18.7. The predicted octanol–water partition coefficient (Wildman–Crippen LogP) is 8.47. The Morgan fingerprint density at radius 2 is 1.06 bits per heavy atom. The van der Waals surface area contributed by atoms with E-state index in [9.17, 15) is 28.0 Å². The van der Waals surface area contributed by atoms with Crippen LogP contribution in [0.5, 0.6) is 0 Å². The van der Waals surface area contributed by atoms with Gasteiger partial charge in [0.2, 0.25) is 17.7 Å². The molecule has 0 unspecified atom stereocenters. The van der Waals surface area contributed by atoms with Gasteiger partial charge in [-0.2, -0.15) is 0 Å². The van der Waals surface area contributed by atoms with E-state index >= 15 is 0 Å². The minimum Gasteiger partial charge on any atom is -0.453 e. The molecule has 19 heteroatoms. The molecular formula is C47H52Cl2F2N8O7. The molecule has 0 radical (unpaired) electrons. The summed E-state index contributed by atoms with van der Waals surface area (Å²) in [5.74, 6) is -1.99. The zero-order valence-corrected chi connectivity index (χ0v) is 38.0. The maximum absolute atomic E-state index is 14.3. The standard InChI is InChI=1S/C47H52Cl2F2N8O7/c1-64-45(62)54-37(27-11-15-47(50,51)16-12-27)43(60)58-31-19-29(31)21-33(58)41-52-35(39(48)56-41)25-7-3-23(4-8-25)24-5-9-26(10-6-24)36-40(49)57-42(53-36)34-22-30-20-32(30)59(34)44(61)38(55-46(63)65-2)28-13-17-66-18-14-28/h3-10,27-34,37-38H,11-22H2,1-2H3,(H,52,56)(H,53,57)(H,54,62)(H,55,63)/t29-,30-,31-,32-,33+,34+,37+,38+/m1/s1. The monoisotopic (exact) mass is 948 g/mol. The van der Waals surface area contributed by atoms with Gasteiger partial charge >= 0.3 is 12.2 Å². The number of hydrogen-bond donors (Lipinski definition) is 4. The number of nitrogens with one attached hydrogen (secondary N) is 4. The maximum Gasteiger partial charge on any atom is 0.407 e. The Morgan fingerprint density at radius 3 is 1.47 bits per heavy atom. The third kappa shape index (κ3) is 8.62. The summed E-state index contributed by atoms with van der Waals surface area (Å²) >= 11 is 13.6. The molecule has 4 amide bonds. The molecule has 66 heavy (non-hydrogen) atoms. The van der Waals surface area contributed by atoms with E-state index in [4.69, 9.17) is 47.4 Å². The molecule has 2 aromatic carbocycles. The fraction of sp³-hybridized carbons (Fsp3) is 0.532. The number of fused-ring (bicyclic) bond motifs is 2. The summed E-state index contributed by atoms with van der Waals surface area (Å²) in [6, 6.07) is 13.3. The van der Waals surface area contributed by atoms with Gasteiger partial charge in [-0.05, 0) is 86.2 Å². The van der Waals surface area contributed by atoms with Crippen LogP contribution in [0.4, 0.5) is 18.4 Å². The smallest absolute Gasteiger partial charge is 0.407 e. The summed E-state index contributed by atoms with van der Waals surface area (Å²) in [6.07, 6.45) is 2.60. The summed E-state index contributed by atoms with van der Waals surface area (Å²) in [7, 11) is 2.50. The first-order chi connectivity index (χ1) is 31.8. The minimum atomic E-state index is -2.78. The van der Waals surface area contributed by atoms with Crippen molar-refractivity contribution in [2.24, 2.45) is 23.7 Å². The van der Waals surface area contributed by atoms with Crippen molar-refractivity contribution in [3.63, 3.8) is 0 Å². The molecule has 3 aliphatic heterocycles. The number of ether oxygens (including phenoxy) is 3. The number of rotatable bonds is 11. The summed E-state index contributed by atoms with van der Waals surface area (Å²) < 4.78 is 43.5. The topological polar surface area (TPSA) is 184 Å². The number of H-pyrrole nitrogens is 2. The average molecular weight is 950 g/mol. The Kier molecular flexibility index (Phi) is 12.0. The van der Waals surface area contributed by atoms with Crippen LogP contribution in [0.15, 0.2) is 48.5 Å². The molecule has 3 saturated heterocycles. The first-order valence-electron chi connectivity index (χ1n) is 22.8. The van der Waals surface area contributed by atoms with Crippen LogP contribution in [0, 0.1) is 23.7 Å². The van der Waals surface area contributed by atoms with Crippen molar-refractivity contribution < 1.29 is 42.2 Å². The van der Waals surface area contributed by atoms with Gasteiger partial charge in [0.25, 0.3) is 0 Å². The summed E-state index contributed by atoms with van der Waals surface area (Å²) in [5.41, 5.74) is 4.58. The molecule has 3 aliphatic carbocycles. The number of halogens is 4. The number of aromatic nitrogens is 4. The SMILES string of the molecule is COC(=O)N[C@H](C(=O)N1[C@@H]2C[C@@H]2C[C@H]1c1nc(-c2ccc(-c3ccc(-c4nc([C@@H]5C[C@H]6C[C@H]6N5C(=O)[C@@H](NC(=O)OC)C5CCC(F)(F)CC5)[nH]c4Cl)cc3)cc2)c(Cl)[nH]1)C1CCOCC1. The van der Waals surface area contributed by atoms with E-state index in [0.717, 1.165) is 41.5 Å². The number of likely N-dealkylation sites (tertiary alicyclic amines) is 2. The Bertz CT molecular complexity index is 2490. The zero-order valence-electron chi connectivity index (χ0n) is 36.5. The molecule has 0 spiro atoms. The Morgan fingerprint density at radius 1 is 0.667 bits per heavy atom. The van der Waals surface area contributed by atoms with Crippen LogP contribution in [0.2, 0.25) is 10.3 Å². The van der Waals surface area contributed by atoms with E-state index in [1.54, 1.807) is 4.90 Å². The van der Waals surface area contributed by atoms with Gasteiger partial charge in [0.05, 0.1) is 26.3 Å². The van der Waals surface area contributed by atoms with Crippen molar-refractivity contribution in [3.05, 3.63) is 70.5 Å². The third-order valence-corrected chi connectivity index (χ3v) is 15.3. The number of nitrogens with zero attached hydrogens (tertiary/aromatic N) is 4. The number of imidazole rings is 2. The lowest BCUT2D eigenvalue weighted by molar-refractivity contribution is -0.139. The Hall–Kier alpha value is -5.26. The number of hydrogen-bond acceptors (Lipinski definition) is 9. The highest BCUT2D eigenvalue weighted by Crippen LogP contribution is 2.55. The fourth-order valence-electron chi connectivity index (χ4n) is 11.0. The van der Waals surface area contributed by atoms with E-state index in [1.165, 1.54) is 14.2 Å². The van der Waals surface area contributed by atoms with Crippen LogP contribution in [0.25, 0.3) is 33.6 Å². The van der Waals surface area contributed by atoms with Gasteiger partial charge in [0.15, 0.2) is 0 Å². The van der Waals surface area contributed by atoms with Gasteiger partial charge in [-0.1, -0.05) is 71.7 Å². The maximum atomic E-state index is 14.3. The van der Waals surface area contributed by atoms with Crippen molar-refractivity contribution in [3.8, 4) is 33.6 Å². The van der Waals surface area contributed by atoms with Crippen LogP contribution in [0.1, 0.15) is 87.9 Å². The molecular weight excluding hydrogens is 897 g/mol. The number of methoxy groups -OCH3 is 2. The molecule has 5 heterocycles. The number of alkyl halides is 2. The Labute approximate surface area is 390 Å². The third-order valence-electron chi connectivity index (χ3n) is 14.8. The van der Waals surface area contributed by atoms with Crippen molar-refractivity contribution in [2.75, 3.05) is 27.4 Å². The van der Waals surface area contributed by atoms with Crippen LogP contribution in [-0.4, -0.2) is 111 Å². The molecule has 4 aromatic rings. The molecule has 350 valence electrons. The molecule has 3 saturated carbocycles. The summed E-state index contributed by atoms with van der Waals surface area (Å²) in [6.45, 7) is 1.06. The van der Waals surface area contributed by atoms with Crippen molar-refractivity contribution in [2.45, 2.75) is 106 Å². The first kappa shape index (κ1) is 44.6. The number of carbonyl (C=O) groups excluding carboxylic acids is 4.